The van der Waals surface area contributed by atoms with Crippen molar-refractivity contribution in [2.45, 2.75) is 32.9 Å². The fraction of sp³-hybridized carbons (Fsp3) is 0.462. The van der Waals surface area contributed by atoms with Gasteiger partial charge in [-0.05, 0) is 6.42 Å². The average molecular weight is 258 g/mol. The highest BCUT2D eigenvalue weighted by molar-refractivity contribution is 5.56. The van der Waals surface area contributed by atoms with E-state index in [1.807, 2.05) is 12.4 Å². The maximum absolute atomic E-state index is 5.99. The molecule has 0 spiro atoms. The van der Waals surface area contributed by atoms with Crippen LogP contribution in [0.5, 0.6) is 0 Å². The van der Waals surface area contributed by atoms with E-state index in [1.165, 1.54) is 0 Å². The Hall–Kier alpha value is -2.11. The van der Waals surface area contributed by atoms with Crippen molar-refractivity contribution in [3.63, 3.8) is 0 Å². The van der Waals surface area contributed by atoms with Gasteiger partial charge in [0.15, 0.2) is 0 Å². The van der Waals surface area contributed by atoms with Gasteiger partial charge in [0.1, 0.15) is 23.8 Å². The molecule has 1 aliphatic heterocycles. The van der Waals surface area contributed by atoms with E-state index in [-0.39, 0.29) is 0 Å². The van der Waals surface area contributed by atoms with Crippen molar-refractivity contribution < 1.29 is 0 Å². The van der Waals surface area contributed by atoms with E-state index in [1.54, 1.807) is 6.33 Å². The third-order valence-corrected chi connectivity index (χ3v) is 3.50. The largest absolute Gasteiger partial charge is 0.383 e. The van der Waals surface area contributed by atoms with Gasteiger partial charge in [-0.2, -0.15) is 0 Å². The molecule has 2 aromatic heterocycles. The number of rotatable bonds is 3. The van der Waals surface area contributed by atoms with E-state index in [0.29, 0.717) is 5.82 Å². The Labute approximate surface area is 112 Å². The molecule has 19 heavy (non-hydrogen) atoms. The molecule has 0 atom stereocenters. The number of anilines is 2. The smallest absolute Gasteiger partial charge is 0.137 e. The van der Waals surface area contributed by atoms with Gasteiger partial charge in [0.25, 0.3) is 0 Å². The minimum atomic E-state index is 0.598. The zero-order chi connectivity index (χ0) is 13.2. The van der Waals surface area contributed by atoms with E-state index in [2.05, 4.69) is 31.3 Å². The molecule has 3 rings (SSSR count). The molecule has 6 nitrogen and oxygen atoms in total. The monoisotopic (exact) mass is 258 g/mol. The van der Waals surface area contributed by atoms with Gasteiger partial charge in [-0.25, -0.2) is 15.0 Å². The predicted molar refractivity (Wildman–Crippen MR) is 73.7 cm³/mol. The molecule has 2 aromatic rings. The molecule has 0 amide bonds. The number of aromatic nitrogens is 4. The van der Waals surface area contributed by atoms with E-state index in [0.717, 1.165) is 49.7 Å². The topological polar surface area (TPSA) is 72.9 Å². The summed E-state index contributed by atoms with van der Waals surface area (Å²) in [5.41, 5.74) is 7.05. The van der Waals surface area contributed by atoms with Crippen molar-refractivity contribution in [2.75, 3.05) is 17.2 Å². The number of nitrogens with zero attached hydrogens (tertiary/aromatic N) is 5. The van der Waals surface area contributed by atoms with E-state index in [4.69, 9.17) is 5.73 Å². The zero-order valence-corrected chi connectivity index (χ0v) is 11.1. The molecule has 3 heterocycles. The van der Waals surface area contributed by atoms with Crippen LogP contribution < -0.4 is 10.6 Å². The molecule has 0 bridgehead atoms. The molecule has 0 radical (unpaired) electrons. The SMILES string of the molecule is CCCc1c(N)ncnc1N1CCn2ccnc2C1. The van der Waals surface area contributed by atoms with Crippen molar-refractivity contribution >= 4 is 11.6 Å². The number of hydrogen-bond acceptors (Lipinski definition) is 5. The number of nitrogen functional groups attached to an aromatic ring is 1. The lowest BCUT2D eigenvalue weighted by Gasteiger charge is -2.30. The van der Waals surface area contributed by atoms with Gasteiger partial charge < -0.3 is 15.2 Å². The Morgan fingerprint density at radius 2 is 2.16 bits per heavy atom. The maximum atomic E-state index is 5.99. The summed E-state index contributed by atoms with van der Waals surface area (Å²) in [5, 5.41) is 0. The van der Waals surface area contributed by atoms with Gasteiger partial charge in [0, 0.05) is 31.0 Å². The summed E-state index contributed by atoms with van der Waals surface area (Å²) in [7, 11) is 0. The van der Waals surface area contributed by atoms with Crippen molar-refractivity contribution in [1.82, 2.24) is 19.5 Å². The molecule has 0 saturated carbocycles. The third-order valence-electron chi connectivity index (χ3n) is 3.50. The minimum absolute atomic E-state index is 0.598. The highest BCUT2D eigenvalue weighted by atomic mass is 15.3. The average Bonchev–Trinajstić information content (AvgIpc) is 2.88. The lowest BCUT2D eigenvalue weighted by Crippen LogP contribution is -2.35. The summed E-state index contributed by atoms with van der Waals surface area (Å²) >= 11 is 0. The summed E-state index contributed by atoms with van der Waals surface area (Å²) in [6, 6.07) is 0. The fourth-order valence-electron chi connectivity index (χ4n) is 2.53. The molecule has 0 saturated heterocycles. The molecule has 0 unspecified atom stereocenters. The molecule has 0 aliphatic carbocycles. The summed E-state index contributed by atoms with van der Waals surface area (Å²) in [6.07, 6.45) is 7.36. The Morgan fingerprint density at radius 3 is 3.00 bits per heavy atom. The number of fused-ring (bicyclic) bond motifs is 1. The lowest BCUT2D eigenvalue weighted by atomic mass is 10.1. The van der Waals surface area contributed by atoms with Crippen LogP contribution in [0.15, 0.2) is 18.7 Å². The molecule has 100 valence electrons. The Morgan fingerprint density at radius 1 is 1.26 bits per heavy atom. The zero-order valence-electron chi connectivity index (χ0n) is 11.1. The first-order chi connectivity index (χ1) is 9.29. The predicted octanol–water partition coefficient (Wildman–Crippen LogP) is 1.23. The molecule has 2 N–H and O–H groups in total. The Balaban J connectivity index is 1.93. The molecular formula is C13H18N6. The Bertz CT molecular complexity index is 576. The van der Waals surface area contributed by atoms with Crippen LogP contribution in [0.3, 0.4) is 0 Å². The second kappa shape index (κ2) is 4.87. The van der Waals surface area contributed by atoms with Crippen LogP contribution in [-0.4, -0.2) is 26.1 Å². The van der Waals surface area contributed by atoms with Crippen LogP contribution in [0.1, 0.15) is 24.7 Å². The third kappa shape index (κ3) is 2.14. The second-order valence-electron chi connectivity index (χ2n) is 4.77. The second-order valence-corrected chi connectivity index (χ2v) is 4.77. The van der Waals surface area contributed by atoms with E-state index in [9.17, 15) is 0 Å². The Kier molecular flexibility index (Phi) is 3.06. The van der Waals surface area contributed by atoms with Gasteiger partial charge in [0.2, 0.25) is 0 Å². The normalized spacial score (nSPS) is 14.5. The first-order valence-electron chi connectivity index (χ1n) is 6.64. The fourth-order valence-corrected chi connectivity index (χ4v) is 2.53. The molecule has 0 aromatic carbocycles. The summed E-state index contributed by atoms with van der Waals surface area (Å²) in [5.74, 6) is 2.63. The molecule has 1 aliphatic rings. The minimum Gasteiger partial charge on any atom is -0.383 e. The quantitative estimate of drug-likeness (QED) is 0.896. The first-order valence-corrected chi connectivity index (χ1v) is 6.64. The van der Waals surface area contributed by atoms with Gasteiger partial charge in [-0.15, -0.1) is 0 Å². The standard InChI is InChI=1S/C13H18N6/c1-2-3-10-12(14)16-9-17-13(10)19-7-6-18-5-4-15-11(18)8-19/h4-5,9H,2-3,6-8H2,1H3,(H2,14,16,17). The molecular weight excluding hydrogens is 240 g/mol. The number of imidazole rings is 1. The van der Waals surface area contributed by atoms with Gasteiger partial charge in [0.05, 0.1) is 6.54 Å². The van der Waals surface area contributed by atoms with Gasteiger partial charge in [-0.3, -0.25) is 0 Å². The van der Waals surface area contributed by atoms with Crippen molar-refractivity contribution in [3.8, 4) is 0 Å². The number of nitrogens with two attached hydrogens (primary N) is 1. The van der Waals surface area contributed by atoms with Crippen LogP contribution in [-0.2, 0) is 19.5 Å². The lowest BCUT2D eigenvalue weighted by molar-refractivity contribution is 0.554. The van der Waals surface area contributed by atoms with Crippen LogP contribution in [0.25, 0.3) is 0 Å². The van der Waals surface area contributed by atoms with Crippen LogP contribution in [0, 0.1) is 0 Å². The first kappa shape index (κ1) is 12.0. The summed E-state index contributed by atoms with van der Waals surface area (Å²) in [4.78, 5) is 15.2. The molecule has 6 heteroatoms. The highest BCUT2D eigenvalue weighted by Crippen LogP contribution is 2.25. The van der Waals surface area contributed by atoms with Crippen LogP contribution in [0.2, 0.25) is 0 Å². The summed E-state index contributed by atoms with van der Waals surface area (Å²) < 4.78 is 2.18. The van der Waals surface area contributed by atoms with Crippen molar-refractivity contribution in [2.24, 2.45) is 0 Å². The van der Waals surface area contributed by atoms with Crippen molar-refractivity contribution in [1.29, 1.82) is 0 Å². The molecule has 0 fully saturated rings. The summed E-state index contributed by atoms with van der Waals surface area (Å²) in [6.45, 7) is 4.78. The van der Waals surface area contributed by atoms with Crippen LogP contribution >= 0.6 is 0 Å². The van der Waals surface area contributed by atoms with E-state index < -0.39 is 0 Å². The van der Waals surface area contributed by atoms with Gasteiger partial charge >= 0.3 is 0 Å². The highest BCUT2D eigenvalue weighted by Gasteiger charge is 2.21. The van der Waals surface area contributed by atoms with Crippen LogP contribution in [0.4, 0.5) is 11.6 Å². The maximum Gasteiger partial charge on any atom is 0.137 e. The van der Waals surface area contributed by atoms with E-state index >= 15 is 0 Å². The number of hydrogen-bond donors (Lipinski definition) is 1. The van der Waals surface area contributed by atoms with Crippen molar-refractivity contribution in [3.05, 3.63) is 30.1 Å². The van der Waals surface area contributed by atoms with Gasteiger partial charge in [-0.1, -0.05) is 13.3 Å².